The molecule has 182 valence electrons. The highest BCUT2D eigenvalue weighted by Gasteiger charge is 2.44. The molecule has 0 saturated heterocycles. The number of aromatic hydroxyl groups is 1. The first-order valence-corrected chi connectivity index (χ1v) is 12.3. The van der Waals surface area contributed by atoms with Gasteiger partial charge in [-0.15, -0.1) is 11.3 Å². The van der Waals surface area contributed by atoms with Crippen LogP contribution < -0.4 is 0 Å². The first kappa shape index (κ1) is 23.0. The number of carbonyl (C=O) groups is 1. The molecule has 1 aliphatic rings. The Morgan fingerprint density at radius 1 is 1.00 bits per heavy atom. The van der Waals surface area contributed by atoms with E-state index in [0.29, 0.717) is 32.0 Å². The van der Waals surface area contributed by atoms with E-state index < -0.39 is 5.41 Å². The molecule has 0 fully saturated rings. The zero-order chi connectivity index (χ0) is 25.6. The van der Waals surface area contributed by atoms with E-state index in [-0.39, 0.29) is 23.3 Å². The van der Waals surface area contributed by atoms with Gasteiger partial charge in [0, 0.05) is 21.6 Å². The van der Waals surface area contributed by atoms with Gasteiger partial charge in [-0.05, 0) is 53.1 Å². The zero-order valence-electron chi connectivity index (χ0n) is 19.2. The van der Waals surface area contributed by atoms with Crippen LogP contribution in [0, 0.1) is 11.6 Å². The lowest BCUT2D eigenvalue weighted by molar-refractivity contribution is 0.112. The summed E-state index contributed by atoms with van der Waals surface area (Å²) in [5.74, 6) is -1.12. The first-order chi connectivity index (χ1) is 18.0. The van der Waals surface area contributed by atoms with E-state index in [4.69, 9.17) is 0 Å². The molecular formula is C29H19F2N3O2S. The molecular weight excluding hydrogens is 492 g/mol. The Kier molecular flexibility index (Phi) is 5.53. The summed E-state index contributed by atoms with van der Waals surface area (Å²) in [7, 11) is 0. The van der Waals surface area contributed by atoms with Crippen molar-refractivity contribution in [1.82, 2.24) is 15.4 Å². The summed E-state index contributed by atoms with van der Waals surface area (Å²) in [6.07, 6.45) is 10.2. The van der Waals surface area contributed by atoms with E-state index in [0.717, 1.165) is 17.2 Å². The Balaban J connectivity index is 1.76. The highest BCUT2D eigenvalue weighted by molar-refractivity contribution is 7.21. The fraction of sp³-hybridized carbons (Fsp3) is 0.0690. The number of nitrogens with one attached hydrogen (secondary N) is 1. The molecule has 0 saturated carbocycles. The molecule has 37 heavy (non-hydrogen) atoms. The Morgan fingerprint density at radius 2 is 1.73 bits per heavy atom. The molecule has 2 heterocycles. The van der Waals surface area contributed by atoms with Crippen LogP contribution in [0.2, 0.25) is 0 Å². The minimum atomic E-state index is -0.952. The molecule has 0 spiro atoms. The number of fused-ring (bicyclic) bond motifs is 1. The molecule has 2 atom stereocenters. The predicted octanol–water partition coefficient (Wildman–Crippen LogP) is 6.68. The number of nitrogens with zero attached hydrogens (tertiary/aromatic N) is 2. The third-order valence-corrected chi connectivity index (χ3v) is 7.89. The molecule has 0 radical (unpaired) electrons. The van der Waals surface area contributed by atoms with E-state index in [2.05, 4.69) is 15.4 Å². The standard InChI is InChI=1S/C29H19F2N3O2S/c30-19-8-4-17(5-9-19)27-26(16-35)37-25-14-21(36)13-23(28(25)27)29(18-6-10-20(31)11-7-18)12-2-1-3-22(29)24-15-32-34-33-24/h1-16,22,36H,(H,32,33,34). The molecule has 2 unspecified atom stereocenters. The van der Waals surface area contributed by atoms with E-state index in [1.807, 2.05) is 24.3 Å². The number of benzene rings is 3. The van der Waals surface area contributed by atoms with Crippen molar-refractivity contribution in [3.05, 3.63) is 124 Å². The van der Waals surface area contributed by atoms with Crippen LogP contribution in [0.3, 0.4) is 0 Å². The molecule has 3 aromatic carbocycles. The number of H-pyrrole nitrogens is 1. The number of halogens is 2. The van der Waals surface area contributed by atoms with Gasteiger partial charge in [0.2, 0.25) is 0 Å². The number of aldehydes is 1. The summed E-state index contributed by atoms with van der Waals surface area (Å²) in [4.78, 5) is 12.7. The Morgan fingerprint density at radius 3 is 2.41 bits per heavy atom. The number of carbonyl (C=O) groups excluding carboxylic acids is 1. The molecule has 5 nitrogen and oxygen atoms in total. The van der Waals surface area contributed by atoms with Crippen molar-refractivity contribution in [2.75, 3.05) is 0 Å². The number of aromatic nitrogens is 3. The van der Waals surface area contributed by atoms with Crippen molar-refractivity contribution in [3.8, 4) is 16.9 Å². The van der Waals surface area contributed by atoms with Crippen molar-refractivity contribution < 1.29 is 18.7 Å². The van der Waals surface area contributed by atoms with E-state index in [1.54, 1.807) is 42.6 Å². The van der Waals surface area contributed by atoms with Crippen molar-refractivity contribution in [2.24, 2.45) is 0 Å². The number of thiophene rings is 1. The number of hydrogen-bond donors (Lipinski definition) is 2. The average molecular weight is 512 g/mol. The molecule has 2 aromatic heterocycles. The van der Waals surface area contributed by atoms with Gasteiger partial charge in [0.05, 0.1) is 22.2 Å². The van der Waals surface area contributed by atoms with Crippen molar-refractivity contribution in [2.45, 2.75) is 11.3 Å². The second-order valence-electron chi connectivity index (χ2n) is 8.82. The first-order valence-electron chi connectivity index (χ1n) is 11.5. The van der Waals surface area contributed by atoms with Crippen molar-refractivity contribution >= 4 is 27.7 Å². The Labute approximate surface area is 214 Å². The minimum absolute atomic E-state index is 0.0233. The molecule has 0 aliphatic heterocycles. The number of aromatic amines is 1. The highest BCUT2D eigenvalue weighted by atomic mass is 32.1. The van der Waals surface area contributed by atoms with Crippen molar-refractivity contribution in [1.29, 1.82) is 0 Å². The molecule has 8 heteroatoms. The molecule has 5 aromatic rings. The fourth-order valence-corrected chi connectivity index (χ4v) is 6.39. The summed E-state index contributed by atoms with van der Waals surface area (Å²) >= 11 is 1.25. The zero-order valence-corrected chi connectivity index (χ0v) is 20.0. The number of phenols is 1. The largest absolute Gasteiger partial charge is 0.508 e. The lowest BCUT2D eigenvalue weighted by Gasteiger charge is -2.40. The van der Waals surface area contributed by atoms with Crippen LogP contribution in [-0.4, -0.2) is 26.8 Å². The summed E-state index contributed by atoms with van der Waals surface area (Å²) in [6.45, 7) is 0. The van der Waals surface area contributed by atoms with Crippen LogP contribution in [0.5, 0.6) is 5.75 Å². The van der Waals surface area contributed by atoms with Crippen LogP contribution in [0.25, 0.3) is 21.2 Å². The normalized spacial score (nSPS) is 18.9. The van der Waals surface area contributed by atoms with Crippen molar-refractivity contribution in [3.63, 3.8) is 0 Å². The van der Waals surface area contributed by atoms with Gasteiger partial charge in [0.1, 0.15) is 17.4 Å². The summed E-state index contributed by atoms with van der Waals surface area (Å²) in [5, 5.41) is 22.7. The molecule has 0 amide bonds. The van der Waals surface area contributed by atoms with Gasteiger partial charge in [-0.25, -0.2) is 8.78 Å². The molecule has 6 rings (SSSR count). The smallest absolute Gasteiger partial charge is 0.160 e. The summed E-state index contributed by atoms with van der Waals surface area (Å²) in [5.41, 5.74) is 2.48. The minimum Gasteiger partial charge on any atom is -0.508 e. The highest BCUT2D eigenvalue weighted by Crippen LogP contribution is 2.53. The predicted molar refractivity (Wildman–Crippen MR) is 139 cm³/mol. The van der Waals surface area contributed by atoms with Crippen LogP contribution in [0.1, 0.15) is 32.4 Å². The second kappa shape index (κ2) is 8.90. The van der Waals surface area contributed by atoms with Gasteiger partial charge in [-0.1, -0.05) is 48.6 Å². The van der Waals surface area contributed by atoms with E-state index in [9.17, 15) is 18.7 Å². The van der Waals surface area contributed by atoms with Gasteiger partial charge in [-0.2, -0.15) is 15.4 Å². The van der Waals surface area contributed by atoms with Gasteiger partial charge in [0.15, 0.2) is 6.29 Å². The van der Waals surface area contributed by atoms with Crippen LogP contribution >= 0.6 is 11.3 Å². The quantitative estimate of drug-likeness (QED) is 0.258. The number of phenolic OH excluding ortho intramolecular Hbond substituents is 1. The number of allylic oxidation sites excluding steroid dienone is 4. The molecule has 0 bridgehead atoms. The summed E-state index contributed by atoms with van der Waals surface area (Å²) < 4.78 is 28.6. The van der Waals surface area contributed by atoms with E-state index in [1.165, 1.54) is 35.6 Å². The van der Waals surface area contributed by atoms with E-state index >= 15 is 0 Å². The maximum absolute atomic E-state index is 14.1. The van der Waals surface area contributed by atoms with Gasteiger partial charge in [-0.3, -0.25) is 4.79 Å². The topological polar surface area (TPSA) is 78.9 Å². The molecule has 2 N–H and O–H groups in total. The average Bonchev–Trinajstić information content (AvgIpc) is 3.57. The van der Waals surface area contributed by atoms with Crippen LogP contribution in [-0.2, 0) is 5.41 Å². The van der Waals surface area contributed by atoms with Crippen LogP contribution in [0.15, 0.2) is 91.2 Å². The maximum Gasteiger partial charge on any atom is 0.160 e. The summed E-state index contributed by atoms with van der Waals surface area (Å²) in [6, 6.07) is 15.5. The fourth-order valence-electron chi connectivity index (χ4n) is 5.29. The lowest BCUT2D eigenvalue weighted by Crippen LogP contribution is -2.34. The van der Waals surface area contributed by atoms with Gasteiger partial charge < -0.3 is 5.11 Å². The molecule has 1 aliphatic carbocycles. The SMILES string of the molecule is O=Cc1sc2cc(O)cc(C3(c4ccc(F)cc4)C=CC=CC3c3cn[nH]n3)c2c1-c1ccc(F)cc1. The van der Waals surface area contributed by atoms with Gasteiger partial charge >= 0.3 is 0 Å². The third kappa shape index (κ3) is 3.68. The van der Waals surface area contributed by atoms with Gasteiger partial charge in [0.25, 0.3) is 0 Å². The monoisotopic (exact) mass is 511 g/mol. The second-order valence-corrected chi connectivity index (χ2v) is 9.91. The number of rotatable bonds is 5. The van der Waals surface area contributed by atoms with Crippen LogP contribution in [0.4, 0.5) is 8.78 Å². The number of hydrogen-bond acceptors (Lipinski definition) is 5. The maximum atomic E-state index is 14.1. The lowest BCUT2D eigenvalue weighted by atomic mass is 9.62. The Hall–Kier alpha value is -4.43. The Bertz CT molecular complexity index is 1670. The third-order valence-electron chi connectivity index (χ3n) is 6.83.